The maximum absolute atomic E-state index is 12.0. The van der Waals surface area contributed by atoms with Crippen molar-refractivity contribution in [1.29, 1.82) is 0 Å². The van der Waals surface area contributed by atoms with Crippen LogP contribution < -0.4 is 11.1 Å². The van der Waals surface area contributed by atoms with E-state index >= 15 is 0 Å². The molecule has 1 fully saturated rings. The number of carbonyl (C=O) groups excluding carboxylic acids is 1. The van der Waals surface area contributed by atoms with Gasteiger partial charge in [0, 0.05) is 38.1 Å². The van der Waals surface area contributed by atoms with Gasteiger partial charge in [-0.3, -0.25) is 9.78 Å². The number of amides is 1. The Kier molecular flexibility index (Phi) is 4.83. The maximum atomic E-state index is 12.0. The maximum Gasteiger partial charge on any atom is 0.272 e. The lowest BCUT2D eigenvalue weighted by Crippen LogP contribution is -2.48. The lowest BCUT2D eigenvalue weighted by atomic mass is 9.76. The number of hydrogen-bond donors (Lipinski definition) is 2. The minimum Gasteiger partial charge on any atom is -0.378 e. The second-order valence-corrected chi connectivity index (χ2v) is 6.44. The first-order valence-electron chi connectivity index (χ1n) is 7.62. The Morgan fingerprint density at radius 1 is 1.57 bits per heavy atom. The third-order valence-corrected chi connectivity index (χ3v) is 4.28. The zero-order chi connectivity index (χ0) is 15.5. The molecule has 0 aromatic carbocycles. The van der Waals surface area contributed by atoms with Crippen molar-refractivity contribution in [3.05, 3.63) is 24.0 Å². The molecule has 0 aliphatic heterocycles. The van der Waals surface area contributed by atoms with E-state index in [4.69, 9.17) is 5.73 Å². The average Bonchev–Trinajstić information content (AvgIpc) is 2.46. The molecule has 0 bridgehead atoms. The summed E-state index contributed by atoms with van der Waals surface area (Å²) in [5.74, 6) is 0.594. The fraction of sp³-hybridized carbons (Fsp3) is 0.625. The standard InChI is InChI=1S/C16H26N4O/c1-12-5-4-7-16(10-12,11-17)19-13-6-8-18-14(9-13)15(21)20(2)3/h6,8-9,12H,4-5,7,10-11,17H2,1-3H3,(H,18,19). The van der Waals surface area contributed by atoms with Crippen LogP contribution >= 0.6 is 0 Å². The molecule has 1 aromatic rings. The lowest BCUT2D eigenvalue weighted by Gasteiger charge is -2.40. The molecule has 1 saturated carbocycles. The molecule has 3 N–H and O–H groups in total. The number of aromatic nitrogens is 1. The van der Waals surface area contributed by atoms with Crippen LogP contribution in [0.5, 0.6) is 0 Å². The summed E-state index contributed by atoms with van der Waals surface area (Å²) in [5.41, 5.74) is 7.37. The predicted molar refractivity (Wildman–Crippen MR) is 85.3 cm³/mol. The molecule has 1 aliphatic rings. The van der Waals surface area contributed by atoms with Crippen LogP contribution in [0.15, 0.2) is 18.3 Å². The Balaban J connectivity index is 2.18. The van der Waals surface area contributed by atoms with Gasteiger partial charge in [0.2, 0.25) is 0 Å². The molecule has 1 heterocycles. The first-order chi connectivity index (χ1) is 9.96. The number of carbonyl (C=O) groups is 1. The Morgan fingerprint density at radius 3 is 2.95 bits per heavy atom. The normalized spacial score (nSPS) is 25.4. The fourth-order valence-electron chi connectivity index (χ4n) is 3.17. The molecule has 2 unspecified atom stereocenters. The Bertz CT molecular complexity index is 503. The van der Waals surface area contributed by atoms with Crippen LogP contribution in [0.3, 0.4) is 0 Å². The Morgan fingerprint density at radius 2 is 2.33 bits per heavy atom. The van der Waals surface area contributed by atoms with Crippen molar-refractivity contribution >= 4 is 11.6 Å². The third kappa shape index (κ3) is 3.73. The van der Waals surface area contributed by atoms with Gasteiger partial charge >= 0.3 is 0 Å². The van der Waals surface area contributed by atoms with Crippen LogP contribution in [0.2, 0.25) is 0 Å². The molecule has 5 heteroatoms. The summed E-state index contributed by atoms with van der Waals surface area (Å²) < 4.78 is 0. The minimum absolute atomic E-state index is 0.0581. The van der Waals surface area contributed by atoms with Crippen molar-refractivity contribution in [3.63, 3.8) is 0 Å². The van der Waals surface area contributed by atoms with Crippen LogP contribution in [-0.4, -0.2) is 42.0 Å². The van der Waals surface area contributed by atoms with Gasteiger partial charge in [0.05, 0.1) is 0 Å². The number of hydrogen-bond acceptors (Lipinski definition) is 4. The van der Waals surface area contributed by atoms with Crippen LogP contribution in [-0.2, 0) is 0 Å². The van der Waals surface area contributed by atoms with E-state index < -0.39 is 0 Å². The number of rotatable bonds is 4. The van der Waals surface area contributed by atoms with Gasteiger partial charge in [-0.1, -0.05) is 19.8 Å². The molecule has 5 nitrogen and oxygen atoms in total. The van der Waals surface area contributed by atoms with Crippen molar-refractivity contribution in [2.24, 2.45) is 11.7 Å². The van der Waals surface area contributed by atoms with Crippen LogP contribution in [0.25, 0.3) is 0 Å². The molecule has 116 valence electrons. The van der Waals surface area contributed by atoms with E-state index in [0.717, 1.165) is 18.5 Å². The van der Waals surface area contributed by atoms with Gasteiger partial charge in [0.25, 0.3) is 5.91 Å². The van der Waals surface area contributed by atoms with Crippen molar-refractivity contribution in [2.45, 2.75) is 38.1 Å². The Hall–Kier alpha value is -1.62. The number of anilines is 1. The zero-order valence-electron chi connectivity index (χ0n) is 13.2. The highest BCUT2D eigenvalue weighted by Crippen LogP contribution is 2.34. The predicted octanol–water partition coefficient (Wildman–Crippen LogP) is 2.10. The van der Waals surface area contributed by atoms with E-state index in [1.165, 1.54) is 17.7 Å². The molecule has 1 aromatic heterocycles. The number of pyridine rings is 1. The van der Waals surface area contributed by atoms with Gasteiger partial charge in [-0.05, 0) is 30.9 Å². The average molecular weight is 290 g/mol. The first-order valence-corrected chi connectivity index (χ1v) is 7.62. The second-order valence-electron chi connectivity index (χ2n) is 6.44. The monoisotopic (exact) mass is 290 g/mol. The summed E-state index contributed by atoms with van der Waals surface area (Å²) >= 11 is 0. The summed E-state index contributed by atoms with van der Waals surface area (Å²) in [6.45, 7) is 2.88. The first kappa shape index (κ1) is 15.8. The highest BCUT2D eigenvalue weighted by atomic mass is 16.2. The van der Waals surface area contributed by atoms with E-state index in [0.29, 0.717) is 18.2 Å². The molecule has 1 amide bonds. The van der Waals surface area contributed by atoms with Gasteiger partial charge in [0.15, 0.2) is 0 Å². The molecule has 2 rings (SSSR count). The van der Waals surface area contributed by atoms with Crippen molar-refractivity contribution in [3.8, 4) is 0 Å². The van der Waals surface area contributed by atoms with E-state index in [9.17, 15) is 4.79 Å². The molecular formula is C16H26N4O. The largest absolute Gasteiger partial charge is 0.378 e. The summed E-state index contributed by atoms with van der Waals surface area (Å²) in [6.07, 6.45) is 6.29. The lowest BCUT2D eigenvalue weighted by molar-refractivity contribution is 0.0822. The third-order valence-electron chi connectivity index (χ3n) is 4.28. The Labute approximate surface area is 126 Å². The van der Waals surface area contributed by atoms with Crippen LogP contribution in [0.4, 0.5) is 5.69 Å². The smallest absolute Gasteiger partial charge is 0.272 e. The van der Waals surface area contributed by atoms with E-state index in [2.05, 4.69) is 17.2 Å². The van der Waals surface area contributed by atoms with E-state index in [1.54, 1.807) is 20.3 Å². The van der Waals surface area contributed by atoms with E-state index in [1.807, 2.05) is 12.1 Å². The van der Waals surface area contributed by atoms with Crippen molar-refractivity contribution in [2.75, 3.05) is 26.0 Å². The molecule has 0 spiro atoms. The highest BCUT2D eigenvalue weighted by Gasteiger charge is 2.33. The topological polar surface area (TPSA) is 71.2 Å². The van der Waals surface area contributed by atoms with Gasteiger partial charge in [-0.15, -0.1) is 0 Å². The highest BCUT2D eigenvalue weighted by molar-refractivity contribution is 5.92. The molecule has 1 aliphatic carbocycles. The summed E-state index contributed by atoms with van der Waals surface area (Å²) in [4.78, 5) is 17.7. The molecule has 21 heavy (non-hydrogen) atoms. The van der Waals surface area contributed by atoms with Gasteiger partial charge < -0.3 is 16.0 Å². The molecule has 2 atom stereocenters. The molecule has 0 saturated heterocycles. The minimum atomic E-state index is -0.0857. The van der Waals surface area contributed by atoms with E-state index in [-0.39, 0.29) is 11.4 Å². The van der Waals surface area contributed by atoms with Gasteiger partial charge in [-0.2, -0.15) is 0 Å². The number of nitrogens with two attached hydrogens (primary N) is 1. The van der Waals surface area contributed by atoms with Gasteiger partial charge in [0.1, 0.15) is 5.69 Å². The van der Waals surface area contributed by atoms with Crippen LogP contribution in [0.1, 0.15) is 43.1 Å². The molecular weight excluding hydrogens is 264 g/mol. The second kappa shape index (κ2) is 6.43. The number of nitrogens with one attached hydrogen (secondary N) is 1. The summed E-state index contributed by atoms with van der Waals surface area (Å²) in [5, 5.41) is 3.57. The quantitative estimate of drug-likeness (QED) is 0.891. The zero-order valence-corrected chi connectivity index (χ0v) is 13.2. The summed E-state index contributed by atoms with van der Waals surface area (Å²) in [7, 11) is 3.46. The SMILES string of the molecule is CC1CCCC(CN)(Nc2ccnc(C(=O)N(C)C)c2)C1. The molecule has 0 radical (unpaired) electrons. The number of nitrogens with zero attached hydrogens (tertiary/aromatic N) is 2. The van der Waals surface area contributed by atoms with Gasteiger partial charge in [-0.25, -0.2) is 0 Å². The van der Waals surface area contributed by atoms with Crippen molar-refractivity contribution < 1.29 is 4.79 Å². The summed E-state index contributed by atoms with van der Waals surface area (Å²) in [6, 6.07) is 3.72. The van der Waals surface area contributed by atoms with Crippen molar-refractivity contribution in [1.82, 2.24) is 9.88 Å². The fourth-order valence-corrected chi connectivity index (χ4v) is 3.17. The van der Waals surface area contributed by atoms with Crippen LogP contribution in [0, 0.1) is 5.92 Å².